The van der Waals surface area contributed by atoms with Gasteiger partial charge in [-0.05, 0) is 13.0 Å². The summed E-state index contributed by atoms with van der Waals surface area (Å²) in [6.45, 7) is 4.32. The standard InChI is InChI=1S/C8H17ClSi/c1-3-4-5-6-10-7-8(2)9/h8H,3-7H2,1-2H3. The normalized spacial score (nSPS) is 13.5. The van der Waals surface area contributed by atoms with Crippen molar-refractivity contribution < 1.29 is 0 Å². The van der Waals surface area contributed by atoms with E-state index in [1.807, 2.05) is 0 Å². The van der Waals surface area contributed by atoms with Crippen LogP contribution in [0.3, 0.4) is 0 Å². The van der Waals surface area contributed by atoms with Gasteiger partial charge in [-0.1, -0.05) is 32.2 Å². The third-order valence-electron chi connectivity index (χ3n) is 1.38. The fraction of sp³-hybridized carbons (Fsp3) is 1.00. The molecule has 0 aliphatic carbocycles. The molecule has 0 saturated carbocycles. The average molecular weight is 177 g/mol. The van der Waals surface area contributed by atoms with E-state index in [-0.39, 0.29) is 0 Å². The molecule has 2 radical (unpaired) electrons. The molecule has 60 valence electrons. The van der Waals surface area contributed by atoms with Gasteiger partial charge >= 0.3 is 0 Å². The molecule has 0 heterocycles. The first-order chi connectivity index (χ1) is 4.77. The zero-order valence-electron chi connectivity index (χ0n) is 6.99. The summed E-state index contributed by atoms with van der Waals surface area (Å²) >= 11 is 5.80. The molecule has 0 aromatic rings. The summed E-state index contributed by atoms with van der Waals surface area (Å²) in [5, 5.41) is 0.389. The second-order valence-corrected chi connectivity index (χ2v) is 4.85. The molecule has 0 N–H and O–H groups in total. The van der Waals surface area contributed by atoms with Gasteiger partial charge in [-0.15, -0.1) is 11.6 Å². The van der Waals surface area contributed by atoms with Gasteiger partial charge in [-0.25, -0.2) is 0 Å². The second-order valence-electron chi connectivity index (χ2n) is 2.69. The molecule has 0 bridgehead atoms. The monoisotopic (exact) mass is 176 g/mol. The highest BCUT2D eigenvalue weighted by atomic mass is 35.5. The van der Waals surface area contributed by atoms with Crippen LogP contribution in [0.15, 0.2) is 0 Å². The van der Waals surface area contributed by atoms with Crippen LogP contribution < -0.4 is 0 Å². The summed E-state index contributed by atoms with van der Waals surface area (Å²) in [6.07, 6.45) is 4.13. The SMILES string of the molecule is CCCCC[Si]CC(C)Cl. The quantitative estimate of drug-likeness (QED) is 0.331. The Kier molecular flexibility index (Phi) is 8.00. The minimum absolute atomic E-state index is 0.389. The minimum atomic E-state index is 0.389. The van der Waals surface area contributed by atoms with Gasteiger partial charge < -0.3 is 0 Å². The van der Waals surface area contributed by atoms with E-state index in [0.717, 1.165) is 9.52 Å². The van der Waals surface area contributed by atoms with Gasteiger partial charge in [-0.3, -0.25) is 0 Å². The molecule has 1 atom stereocenters. The lowest BCUT2D eigenvalue weighted by Crippen LogP contribution is -1.97. The molecule has 0 aliphatic rings. The maximum atomic E-state index is 5.80. The maximum absolute atomic E-state index is 5.80. The lowest BCUT2D eigenvalue weighted by Gasteiger charge is -1.99. The third-order valence-corrected chi connectivity index (χ3v) is 3.40. The van der Waals surface area contributed by atoms with E-state index in [0.29, 0.717) is 5.38 Å². The lowest BCUT2D eigenvalue weighted by molar-refractivity contribution is 0.767. The van der Waals surface area contributed by atoms with Crippen molar-refractivity contribution in [1.29, 1.82) is 0 Å². The topological polar surface area (TPSA) is 0 Å². The Hall–Kier alpha value is 0.507. The number of hydrogen-bond acceptors (Lipinski definition) is 0. The molecule has 0 amide bonds. The Bertz CT molecular complexity index is 64.3. The van der Waals surface area contributed by atoms with Crippen LogP contribution in [0, 0.1) is 0 Å². The first kappa shape index (κ1) is 10.5. The van der Waals surface area contributed by atoms with E-state index >= 15 is 0 Å². The number of hydrogen-bond donors (Lipinski definition) is 0. The van der Waals surface area contributed by atoms with E-state index in [1.165, 1.54) is 31.4 Å². The zero-order valence-corrected chi connectivity index (χ0v) is 8.75. The molecule has 0 rings (SSSR count). The van der Waals surface area contributed by atoms with Crippen molar-refractivity contribution in [2.24, 2.45) is 0 Å². The third kappa shape index (κ3) is 8.51. The number of unbranched alkanes of at least 4 members (excludes halogenated alkanes) is 2. The molecule has 1 unspecified atom stereocenters. The van der Waals surface area contributed by atoms with Crippen LogP contribution in [0.2, 0.25) is 12.1 Å². The summed E-state index contributed by atoms with van der Waals surface area (Å²) in [7, 11) is 1.09. The van der Waals surface area contributed by atoms with Crippen molar-refractivity contribution in [1.82, 2.24) is 0 Å². The van der Waals surface area contributed by atoms with Gasteiger partial charge in [0.1, 0.15) is 0 Å². The van der Waals surface area contributed by atoms with Crippen molar-refractivity contribution in [3.05, 3.63) is 0 Å². The smallest absolute Gasteiger partial charge is 0.0393 e. The summed E-state index contributed by atoms with van der Waals surface area (Å²) in [4.78, 5) is 0. The fourth-order valence-corrected chi connectivity index (χ4v) is 2.23. The Morgan fingerprint density at radius 2 is 2.10 bits per heavy atom. The maximum Gasteiger partial charge on any atom is 0.0393 e. The van der Waals surface area contributed by atoms with Gasteiger partial charge in [-0.2, -0.15) is 0 Å². The highest BCUT2D eigenvalue weighted by molar-refractivity contribution is 6.38. The number of alkyl halides is 1. The Balaban J connectivity index is 2.77. The fourth-order valence-electron chi connectivity index (χ4n) is 0.801. The van der Waals surface area contributed by atoms with Gasteiger partial charge in [0.25, 0.3) is 0 Å². The van der Waals surface area contributed by atoms with Gasteiger partial charge in [0.15, 0.2) is 0 Å². The molecular weight excluding hydrogens is 160 g/mol. The molecule has 0 aromatic carbocycles. The van der Waals surface area contributed by atoms with Crippen molar-refractivity contribution in [3.8, 4) is 0 Å². The van der Waals surface area contributed by atoms with Crippen molar-refractivity contribution in [2.75, 3.05) is 0 Å². The van der Waals surface area contributed by atoms with Gasteiger partial charge in [0.2, 0.25) is 0 Å². The minimum Gasteiger partial charge on any atom is -0.124 e. The first-order valence-corrected chi connectivity index (χ1v) is 5.97. The highest BCUT2D eigenvalue weighted by Crippen LogP contribution is 2.04. The van der Waals surface area contributed by atoms with E-state index < -0.39 is 0 Å². The van der Waals surface area contributed by atoms with Crippen LogP contribution in [0.4, 0.5) is 0 Å². The molecule has 2 heteroatoms. The molecule has 0 aliphatic heterocycles. The summed E-state index contributed by atoms with van der Waals surface area (Å²) in [6, 6.07) is 2.61. The predicted molar refractivity (Wildman–Crippen MR) is 50.2 cm³/mol. The van der Waals surface area contributed by atoms with E-state index in [2.05, 4.69) is 13.8 Å². The molecule has 0 nitrogen and oxygen atoms in total. The highest BCUT2D eigenvalue weighted by Gasteiger charge is 1.95. The van der Waals surface area contributed by atoms with E-state index in [9.17, 15) is 0 Å². The largest absolute Gasteiger partial charge is 0.124 e. The van der Waals surface area contributed by atoms with Gasteiger partial charge in [0, 0.05) is 14.9 Å². The lowest BCUT2D eigenvalue weighted by atomic mass is 10.3. The van der Waals surface area contributed by atoms with Crippen molar-refractivity contribution in [2.45, 2.75) is 50.6 Å². The van der Waals surface area contributed by atoms with Crippen LogP contribution >= 0.6 is 11.6 Å². The van der Waals surface area contributed by atoms with Crippen molar-refractivity contribution >= 4 is 21.1 Å². The summed E-state index contributed by atoms with van der Waals surface area (Å²) < 4.78 is 0. The Morgan fingerprint density at radius 3 is 2.60 bits per heavy atom. The molecular formula is C8H17ClSi. The van der Waals surface area contributed by atoms with Gasteiger partial charge in [0.05, 0.1) is 0 Å². The molecule has 0 aromatic heterocycles. The summed E-state index contributed by atoms with van der Waals surface area (Å²) in [5.74, 6) is 0. The zero-order chi connectivity index (χ0) is 7.82. The second kappa shape index (κ2) is 7.61. The summed E-state index contributed by atoms with van der Waals surface area (Å²) in [5.41, 5.74) is 0. The first-order valence-electron chi connectivity index (χ1n) is 4.12. The van der Waals surface area contributed by atoms with Crippen LogP contribution in [0.1, 0.15) is 33.1 Å². The Morgan fingerprint density at radius 1 is 1.40 bits per heavy atom. The predicted octanol–water partition coefficient (Wildman–Crippen LogP) is 3.34. The van der Waals surface area contributed by atoms with Crippen LogP contribution in [0.25, 0.3) is 0 Å². The van der Waals surface area contributed by atoms with E-state index in [4.69, 9.17) is 11.6 Å². The van der Waals surface area contributed by atoms with Crippen LogP contribution in [-0.2, 0) is 0 Å². The molecule has 0 spiro atoms. The molecule has 0 saturated heterocycles. The van der Waals surface area contributed by atoms with Crippen molar-refractivity contribution in [3.63, 3.8) is 0 Å². The van der Waals surface area contributed by atoms with Crippen LogP contribution in [-0.4, -0.2) is 14.9 Å². The average Bonchev–Trinajstić information content (AvgIpc) is 1.87. The van der Waals surface area contributed by atoms with Crippen LogP contribution in [0.5, 0.6) is 0 Å². The number of halogens is 1. The molecule has 0 fully saturated rings. The Labute approximate surface area is 72.2 Å². The molecule has 10 heavy (non-hydrogen) atoms. The van der Waals surface area contributed by atoms with E-state index in [1.54, 1.807) is 0 Å². The number of rotatable bonds is 6.